The van der Waals surface area contributed by atoms with Gasteiger partial charge in [-0.1, -0.05) is 15.9 Å². The van der Waals surface area contributed by atoms with Crippen LogP contribution in [0.25, 0.3) is 0 Å². The summed E-state index contributed by atoms with van der Waals surface area (Å²) >= 11 is 3.40. The minimum absolute atomic E-state index is 0.328. The molecule has 1 aliphatic heterocycles. The van der Waals surface area contributed by atoms with Crippen LogP contribution in [0.15, 0.2) is 0 Å². The van der Waals surface area contributed by atoms with Crippen LogP contribution in [-0.2, 0) is 9.53 Å². The fourth-order valence-electron chi connectivity index (χ4n) is 2.75. The molecule has 4 heteroatoms. The fourth-order valence-corrected chi connectivity index (χ4v) is 3.15. The second-order valence-electron chi connectivity index (χ2n) is 4.64. The topological polar surface area (TPSA) is 29.5 Å². The molecule has 2 aliphatic rings. The van der Waals surface area contributed by atoms with Gasteiger partial charge in [0.2, 0.25) is 5.91 Å². The van der Waals surface area contributed by atoms with E-state index in [-0.39, 0.29) is 0 Å². The molecule has 2 atom stereocenters. The average molecular weight is 290 g/mol. The predicted molar refractivity (Wildman–Crippen MR) is 66.7 cm³/mol. The fraction of sp³-hybridized carbons (Fsp3) is 0.917. The van der Waals surface area contributed by atoms with Crippen molar-refractivity contribution in [2.45, 2.75) is 50.7 Å². The monoisotopic (exact) mass is 289 g/mol. The van der Waals surface area contributed by atoms with Gasteiger partial charge >= 0.3 is 0 Å². The number of rotatable bonds is 4. The number of morpholine rings is 1. The lowest BCUT2D eigenvalue weighted by molar-refractivity contribution is -0.144. The first-order valence-corrected chi connectivity index (χ1v) is 7.42. The van der Waals surface area contributed by atoms with E-state index < -0.39 is 0 Å². The van der Waals surface area contributed by atoms with Crippen LogP contribution in [0.1, 0.15) is 38.5 Å². The summed E-state index contributed by atoms with van der Waals surface area (Å²) in [6.07, 6.45) is 6.59. The third kappa shape index (κ3) is 2.77. The highest BCUT2D eigenvalue weighted by molar-refractivity contribution is 9.09. The first-order chi connectivity index (χ1) is 7.83. The molecule has 92 valence electrons. The molecule has 1 heterocycles. The Kier molecular flexibility index (Phi) is 4.65. The zero-order valence-electron chi connectivity index (χ0n) is 9.66. The van der Waals surface area contributed by atoms with Crippen molar-refractivity contribution in [2.75, 3.05) is 18.5 Å². The van der Waals surface area contributed by atoms with E-state index in [2.05, 4.69) is 20.8 Å². The van der Waals surface area contributed by atoms with E-state index in [1.165, 1.54) is 6.42 Å². The van der Waals surface area contributed by atoms with Gasteiger partial charge in [0.05, 0.1) is 18.8 Å². The van der Waals surface area contributed by atoms with Crippen molar-refractivity contribution < 1.29 is 9.53 Å². The largest absolute Gasteiger partial charge is 0.374 e. The molecule has 2 rings (SSSR count). The number of carbonyl (C=O) groups excluding carboxylic acids is 1. The van der Waals surface area contributed by atoms with Crippen LogP contribution < -0.4 is 0 Å². The minimum Gasteiger partial charge on any atom is -0.374 e. The van der Waals surface area contributed by atoms with E-state index in [1.807, 2.05) is 0 Å². The van der Waals surface area contributed by atoms with Gasteiger partial charge in [-0.05, 0) is 32.1 Å². The molecule has 0 spiro atoms. The molecule has 0 aromatic heterocycles. The summed E-state index contributed by atoms with van der Waals surface area (Å²) in [5.74, 6) is 0.334. The molecule has 1 saturated carbocycles. The molecule has 1 saturated heterocycles. The number of fused-ring (bicyclic) bond motifs is 1. The summed E-state index contributed by atoms with van der Waals surface area (Å²) in [4.78, 5) is 14.1. The minimum atomic E-state index is 0.328. The number of halogens is 1. The van der Waals surface area contributed by atoms with E-state index in [9.17, 15) is 4.79 Å². The standard InChI is InChI=1S/C12H20BrNO2/c13-7-2-1-6-12(15)14-8-9-16-11-5-3-4-10(11)14/h10-11H,1-9H2. The number of hydrogen-bond acceptors (Lipinski definition) is 2. The summed E-state index contributed by atoms with van der Waals surface area (Å²) in [5.41, 5.74) is 0. The summed E-state index contributed by atoms with van der Waals surface area (Å²) in [5, 5.41) is 0.995. The van der Waals surface area contributed by atoms with E-state index >= 15 is 0 Å². The van der Waals surface area contributed by atoms with Gasteiger partial charge < -0.3 is 9.64 Å². The Morgan fingerprint density at radius 3 is 3.06 bits per heavy atom. The SMILES string of the molecule is O=C(CCCCBr)N1CCOC2CCCC21. The molecule has 3 nitrogen and oxygen atoms in total. The van der Waals surface area contributed by atoms with Crippen LogP contribution in [-0.4, -0.2) is 41.4 Å². The van der Waals surface area contributed by atoms with Crippen LogP contribution >= 0.6 is 15.9 Å². The van der Waals surface area contributed by atoms with E-state index in [0.717, 1.165) is 44.2 Å². The lowest BCUT2D eigenvalue weighted by Crippen LogP contribution is -2.51. The molecule has 0 bridgehead atoms. The number of ether oxygens (including phenoxy) is 1. The van der Waals surface area contributed by atoms with Crippen LogP contribution in [0.3, 0.4) is 0 Å². The Hall–Kier alpha value is -0.0900. The molecule has 1 aliphatic carbocycles. The van der Waals surface area contributed by atoms with Gasteiger partial charge in [0, 0.05) is 18.3 Å². The van der Waals surface area contributed by atoms with Crippen molar-refractivity contribution in [3.8, 4) is 0 Å². The Morgan fingerprint density at radius 2 is 2.25 bits per heavy atom. The highest BCUT2D eigenvalue weighted by atomic mass is 79.9. The van der Waals surface area contributed by atoms with E-state index in [1.54, 1.807) is 0 Å². The Labute approximate surface area is 106 Å². The molecule has 1 amide bonds. The number of hydrogen-bond donors (Lipinski definition) is 0. The van der Waals surface area contributed by atoms with Crippen molar-refractivity contribution in [2.24, 2.45) is 0 Å². The first-order valence-electron chi connectivity index (χ1n) is 6.30. The van der Waals surface area contributed by atoms with Crippen molar-refractivity contribution in [1.82, 2.24) is 4.90 Å². The molecule has 0 radical (unpaired) electrons. The van der Waals surface area contributed by atoms with Crippen molar-refractivity contribution in [3.05, 3.63) is 0 Å². The normalized spacial score (nSPS) is 29.2. The molecule has 2 unspecified atom stereocenters. The predicted octanol–water partition coefficient (Wildman–Crippen LogP) is 2.33. The highest BCUT2D eigenvalue weighted by Crippen LogP contribution is 2.30. The first kappa shape index (κ1) is 12.4. The zero-order chi connectivity index (χ0) is 11.4. The van der Waals surface area contributed by atoms with Crippen LogP contribution in [0, 0.1) is 0 Å². The van der Waals surface area contributed by atoms with Crippen molar-refractivity contribution in [3.63, 3.8) is 0 Å². The van der Waals surface area contributed by atoms with Gasteiger partial charge in [-0.15, -0.1) is 0 Å². The quantitative estimate of drug-likeness (QED) is 0.587. The molecule has 0 N–H and O–H groups in total. The number of alkyl halides is 1. The highest BCUT2D eigenvalue weighted by Gasteiger charge is 2.37. The van der Waals surface area contributed by atoms with Crippen LogP contribution in [0.4, 0.5) is 0 Å². The Balaban J connectivity index is 1.84. The molecular weight excluding hydrogens is 270 g/mol. The van der Waals surface area contributed by atoms with Gasteiger partial charge in [0.15, 0.2) is 0 Å². The maximum Gasteiger partial charge on any atom is 0.222 e. The van der Waals surface area contributed by atoms with Crippen LogP contribution in [0.2, 0.25) is 0 Å². The van der Waals surface area contributed by atoms with Crippen LogP contribution in [0.5, 0.6) is 0 Å². The molecule has 0 aromatic rings. The summed E-state index contributed by atoms with van der Waals surface area (Å²) in [6.45, 7) is 1.53. The summed E-state index contributed by atoms with van der Waals surface area (Å²) < 4.78 is 5.71. The average Bonchev–Trinajstić information content (AvgIpc) is 2.76. The number of nitrogens with zero attached hydrogens (tertiary/aromatic N) is 1. The Morgan fingerprint density at radius 1 is 1.38 bits per heavy atom. The van der Waals surface area contributed by atoms with E-state index in [0.29, 0.717) is 24.5 Å². The van der Waals surface area contributed by atoms with Gasteiger partial charge in [0.25, 0.3) is 0 Å². The maximum atomic E-state index is 12.1. The third-order valence-corrected chi connectivity index (χ3v) is 4.14. The number of unbranched alkanes of at least 4 members (excludes halogenated alkanes) is 1. The third-order valence-electron chi connectivity index (χ3n) is 3.58. The smallest absolute Gasteiger partial charge is 0.222 e. The van der Waals surface area contributed by atoms with Gasteiger partial charge in [-0.2, -0.15) is 0 Å². The lowest BCUT2D eigenvalue weighted by Gasteiger charge is -2.37. The molecular formula is C12H20BrNO2. The lowest BCUT2D eigenvalue weighted by atomic mass is 10.1. The molecule has 16 heavy (non-hydrogen) atoms. The van der Waals surface area contributed by atoms with Gasteiger partial charge in [-0.25, -0.2) is 0 Å². The van der Waals surface area contributed by atoms with E-state index in [4.69, 9.17) is 4.74 Å². The number of carbonyl (C=O) groups is 1. The maximum absolute atomic E-state index is 12.1. The zero-order valence-corrected chi connectivity index (χ0v) is 11.2. The van der Waals surface area contributed by atoms with Crippen molar-refractivity contribution >= 4 is 21.8 Å². The Bertz CT molecular complexity index is 247. The number of amides is 1. The second-order valence-corrected chi connectivity index (χ2v) is 5.43. The van der Waals surface area contributed by atoms with Gasteiger partial charge in [-0.3, -0.25) is 4.79 Å². The summed E-state index contributed by atoms with van der Waals surface area (Å²) in [7, 11) is 0. The summed E-state index contributed by atoms with van der Waals surface area (Å²) in [6, 6.07) is 0.380. The van der Waals surface area contributed by atoms with Gasteiger partial charge in [0.1, 0.15) is 0 Å². The molecule has 2 fully saturated rings. The second kappa shape index (κ2) is 6.01. The molecule has 0 aromatic carbocycles. The van der Waals surface area contributed by atoms with Crippen molar-refractivity contribution in [1.29, 1.82) is 0 Å².